The summed E-state index contributed by atoms with van der Waals surface area (Å²) in [6.07, 6.45) is 4.68. The van der Waals surface area contributed by atoms with Crippen molar-refractivity contribution in [3.63, 3.8) is 0 Å². The Morgan fingerprint density at radius 2 is 1.78 bits per heavy atom. The van der Waals surface area contributed by atoms with Crippen molar-refractivity contribution in [2.24, 2.45) is 0 Å². The first kappa shape index (κ1) is 17.1. The molecule has 0 amide bonds. The van der Waals surface area contributed by atoms with Gasteiger partial charge in [0.15, 0.2) is 0 Å². The molecular formula is C16H23N3O4. The van der Waals surface area contributed by atoms with E-state index < -0.39 is 11.9 Å². The van der Waals surface area contributed by atoms with E-state index in [4.69, 9.17) is 10.2 Å². The van der Waals surface area contributed by atoms with Crippen LogP contribution in [0.3, 0.4) is 0 Å². The van der Waals surface area contributed by atoms with Crippen molar-refractivity contribution in [1.29, 1.82) is 0 Å². The van der Waals surface area contributed by atoms with E-state index in [1.165, 1.54) is 12.8 Å². The Bertz CT molecular complexity index is 527. The Morgan fingerprint density at radius 1 is 1.09 bits per heavy atom. The van der Waals surface area contributed by atoms with Crippen LogP contribution in [0.1, 0.15) is 32.1 Å². The van der Waals surface area contributed by atoms with Gasteiger partial charge in [0.25, 0.3) is 0 Å². The normalized spacial score (nSPS) is 14.0. The van der Waals surface area contributed by atoms with Crippen LogP contribution in [0, 0.1) is 0 Å². The molecule has 0 unspecified atom stereocenters. The summed E-state index contributed by atoms with van der Waals surface area (Å²) in [5.41, 5.74) is 0.833. The third-order valence-corrected chi connectivity index (χ3v) is 3.94. The highest BCUT2D eigenvalue weighted by atomic mass is 16.4. The van der Waals surface area contributed by atoms with E-state index in [-0.39, 0.29) is 12.8 Å². The quantitative estimate of drug-likeness (QED) is 0.716. The fourth-order valence-electron chi connectivity index (χ4n) is 2.72. The molecule has 23 heavy (non-hydrogen) atoms. The molecule has 1 aromatic rings. The highest BCUT2D eigenvalue weighted by Crippen LogP contribution is 2.21. The topological polar surface area (TPSA) is 94.0 Å². The summed E-state index contributed by atoms with van der Waals surface area (Å²) >= 11 is 0. The number of carboxylic acid groups (broad SMARTS) is 2. The van der Waals surface area contributed by atoms with Gasteiger partial charge in [-0.2, -0.15) is 0 Å². The van der Waals surface area contributed by atoms with Gasteiger partial charge in [-0.3, -0.25) is 9.59 Å². The molecule has 7 heteroatoms. The molecule has 126 valence electrons. The molecular weight excluding hydrogens is 298 g/mol. The summed E-state index contributed by atoms with van der Waals surface area (Å²) in [6, 6.07) is 3.88. The number of nitrogens with zero attached hydrogens (tertiary/aromatic N) is 3. The molecule has 1 saturated heterocycles. The molecule has 0 radical (unpaired) electrons. The lowest BCUT2D eigenvalue weighted by Crippen LogP contribution is -2.28. The zero-order valence-corrected chi connectivity index (χ0v) is 13.1. The maximum Gasteiger partial charge on any atom is 0.305 e. The number of pyridine rings is 1. The Kier molecular flexibility index (Phi) is 6.19. The van der Waals surface area contributed by atoms with Gasteiger partial charge in [0.2, 0.25) is 0 Å². The molecule has 1 aliphatic rings. The molecule has 1 fully saturated rings. The number of rotatable bonds is 9. The number of carboxylic acids is 2. The fourth-order valence-corrected chi connectivity index (χ4v) is 2.72. The van der Waals surface area contributed by atoms with Gasteiger partial charge in [-0.1, -0.05) is 0 Å². The van der Waals surface area contributed by atoms with Gasteiger partial charge in [0.05, 0.1) is 18.3 Å². The van der Waals surface area contributed by atoms with Gasteiger partial charge in [-0.15, -0.1) is 0 Å². The van der Waals surface area contributed by atoms with E-state index in [0.29, 0.717) is 19.5 Å². The summed E-state index contributed by atoms with van der Waals surface area (Å²) in [6.45, 7) is 2.89. The summed E-state index contributed by atoms with van der Waals surface area (Å²) < 4.78 is 0. The lowest BCUT2D eigenvalue weighted by molar-refractivity contribution is -0.138. The maximum absolute atomic E-state index is 10.8. The molecule has 0 spiro atoms. The van der Waals surface area contributed by atoms with Gasteiger partial charge in [0, 0.05) is 32.6 Å². The van der Waals surface area contributed by atoms with Crippen LogP contribution < -0.4 is 9.80 Å². The minimum atomic E-state index is -0.866. The minimum absolute atomic E-state index is 0.0148. The van der Waals surface area contributed by atoms with Crippen molar-refractivity contribution in [3.05, 3.63) is 18.3 Å². The summed E-state index contributed by atoms with van der Waals surface area (Å²) in [5.74, 6) is -0.768. The van der Waals surface area contributed by atoms with Gasteiger partial charge in [0.1, 0.15) is 5.82 Å². The van der Waals surface area contributed by atoms with E-state index in [9.17, 15) is 9.59 Å². The van der Waals surface area contributed by atoms with Crippen LogP contribution in [-0.4, -0.2) is 53.3 Å². The average Bonchev–Trinajstić information content (AvgIpc) is 3.05. The van der Waals surface area contributed by atoms with Crippen molar-refractivity contribution >= 4 is 23.4 Å². The molecule has 0 saturated carbocycles. The first-order valence-corrected chi connectivity index (χ1v) is 7.96. The highest BCUT2D eigenvalue weighted by molar-refractivity contribution is 5.68. The number of carbonyl (C=O) groups is 2. The molecule has 2 heterocycles. The molecule has 0 atom stereocenters. The van der Waals surface area contributed by atoms with Crippen molar-refractivity contribution in [2.45, 2.75) is 32.1 Å². The van der Waals surface area contributed by atoms with Crippen molar-refractivity contribution in [1.82, 2.24) is 4.98 Å². The molecule has 1 aliphatic heterocycles. The van der Waals surface area contributed by atoms with Crippen molar-refractivity contribution < 1.29 is 19.8 Å². The van der Waals surface area contributed by atoms with Crippen LogP contribution in [-0.2, 0) is 9.59 Å². The van der Waals surface area contributed by atoms with Gasteiger partial charge in [-0.05, 0) is 31.4 Å². The van der Waals surface area contributed by atoms with Crippen LogP contribution >= 0.6 is 0 Å². The first-order valence-electron chi connectivity index (χ1n) is 7.96. The monoisotopic (exact) mass is 321 g/mol. The molecule has 2 rings (SSSR count). The maximum atomic E-state index is 10.8. The lowest BCUT2D eigenvalue weighted by Gasteiger charge is -2.24. The predicted octanol–water partition coefficient (Wildman–Crippen LogP) is 1.83. The number of anilines is 2. The highest BCUT2D eigenvalue weighted by Gasteiger charge is 2.15. The van der Waals surface area contributed by atoms with Crippen LogP contribution in [0.5, 0.6) is 0 Å². The van der Waals surface area contributed by atoms with E-state index in [2.05, 4.69) is 9.88 Å². The van der Waals surface area contributed by atoms with E-state index in [1.807, 2.05) is 17.0 Å². The zero-order valence-electron chi connectivity index (χ0n) is 13.1. The summed E-state index contributed by atoms with van der Waals surface area (Å²) in [4.78, 5) is 30.0. The number of aliphatic carboxylic acids is 2. The van der Waals surface area contributed by atoms with Crippen molar-refractivity contribution in [2.75, 3.05) is 36.0 Å². The second-order valence-corrected chi connectivity index (χ2v) is 5.70. The minimum Gasteiger partial charge on any atom is -0.481 e. The van der Waals surface area contributed by atoms with E-state index >= 15 is 0 Å². The Labute approximate surface area is 135 Å². The molecule has 7 nitrogen and oxygen atoms in total. The van der Waals surface area contributed by atoms with Crippen LogP contribution in [0.25, 0.3) is 0 Å². The SMILES string of the molecule is O=C(O)CCCN(CCC(=O)O)c1ccc(N2CCCC2)nc1. The molecule has 2 N–H and O–H groups in total. The molecule has 0 aromatic carbocycles. The van der Waals surface area contributed by atoms with Crippen LogP contribution in [0.15, 0.2) is 18.3 Å². The van der Waals surface area contributed by atoms with Crippen LogP contribution in [0.2, 0.25) is 0 Å². The standard InChI is InChI=1S/C16H23N3O4/c20-15(21)4-3-10-18(11-7-16(22)23)13-5-6-14(17-12-13)19-8-1-2-9-19/h5-6,12H,1-4,7-11H2,(H,20,21)(H,22,23). The lowest BCUT2D eigenvalue weighted by atomic mass is 10.2. The van der Waals surface area contributed by atoms with Crippen molar-refractivity contribution in [3.8, 4) is 0 Å². The van der Waals surface area contributed by atoms with Gasteiger partial charge in [-0.25, -0.2) is 4.98 Å². The van der Waals surface area contributed by atoms with Gasteiger partial charge < -0.3 is 20.0 Å². The number of hydrogen-bond donors (Lipinski definition) is 2. The second kappa shape index (κ2) is 8.36. The molecule has 0 bridgehead atoms. The largest absolute Gasteiger partial charge is 0.481 e. The fraction of sp³-hybridized carbons (Fsp3) is 0.562. The third-order valence-electron chi connectivity index (χ3n) is 3.94. The Balaban J connectivity index is 2.00. The predicted molar refractivity (Wildman–Crippen MR) is 87.0 cm³/mol. The average molecular weight is 321 g/mol. The van der Waals surface area contributed by atoms with E-state index in [0.717, 1.165) is 24.6 Å². The third kappa shape index (κ3) is 5.43. The van der Waals surface area contributed by atoms with Gasteiger partial charge >= 0.3 is 11.9 Å². The zero-order chi connectivity index (χ0) is 16.7. The van der Waals surface area contributed by atoms with Crippen LogP contribution in [0.4, 0.5) is 11.5 Å². The molecule has 0 aliphatic carbocycles. The summed E-state index contributed by atoms with van der Waals surface area (Å²) in [7, 11) is 0. The smallest absolute Gasteiger partial charge is 0.305 e. The summed E-state index contributed by atoms with van der Waals surface area (Å²) in [5, 5.41) is 17.6. The second-order valence-electron chi connectivity index (χ2n) is 5.70. The Hall–Kier alpha value is -2.31. The first-order chi connectivity index (χ1) is 11.1. The molecule has 1 aromatic heterocycles. The number of hydrogen-bond acceptors (Lipinski definition) is 5. The Morgan fingerprint density at radius 3 is 2.35 bits per heavy atom. The number of aromatic nitrogens is 1. The van der Waals surface area contributed by atoms with E-state index in [1.54, 1.807) is 6.20 Å².